The minimum Gasteiger partial charge on any atom is -0.463 e. The summed E-state index contributed by atoms with van der Waals surface area (Å²) in [6, 6.07) is 0. The van der Waals surface area contributed by atoms with Gasteiger partial charge in [-0.25, -0.2) is 9.13 Å². The third-order valence-electron chi connectivity index (χ3n) is 16.1. The molecule has 4 N–H and O–H groups in total. The number of aliphatic hydroxyl groups excluding tert-OH is 2. The van der Waals surface area contributed by atoms with Crippen LogP contribution in [0.4, 0.5) is 0 Å². The highest BCUT2D eigenvalue weighted by Gasteiger charge is 2.29. The summed E-state index contributed by atoms with van der Waals surface area (Å²) in [5, 5.41) is 20.6. The van der Waals surface area contributed by atoms with Crippen LogP contribution in [0.3, 0.4) is 0 Å². The van der Waals surface area contributed by atoms with Crippen molar-refractivity contribution in [3.8, 4) is 0 Å². The molecule has 0 aromatic rings. The number of phosphoric acid groups is 2. The highest BCUT2D eigenvalue weighted by Crippen LogP contribution is 2.45. The first-order valence-electron chi connectivity index (χ1n) is 40.1. The lowest BCUT2D eigenvalue weighted by Crippen LogP contribution is -2.30. The average molecular weight is 1510 g/mol. The highest BCUT2D eigenvalue weighted by atomic mass is 31.2. The van der Waals surface area contributed by atoms with Gasteiger partial charge in [-0.2, -0.15) is 0 Å². The fourth-order valence-electron chi connectivity index (χ4n) is 10.1. The Morgan fingerprint density at radius 1 is 0.276 bits per heavy atom. The summed E-state index contributed by atoms with van der Waals surface area (Å²) in [6.07, 6.45) is 101. The normalized spacial score (nSPS) is 14.9. The molecule has 0 amide bonds. The molecule has 5 unspecified atom stereocenters. The number of allylic oxidation sites excluding steroid dienone is 30. The average Bonchev–Trinajstić information content (AvgIpc) is 0.941. The Bertz CT molecular complexity index is 2640. The molecule has 18 heteroatoms. The zero-order valence-corrected chi connectivity index (χ0v) is 66.9. The van der Waals surface area contributed by atoms with Crippen molar-refractivity contribution < 1.29 is 75.8 Å². The monoisotopic (exact) mass is 1500 g/mol. The van der Waals surface area contributed by atoms with Crippen molar-refractivity contribution in [2.45, 2.75) is 309 Å². The summed E-state index contributed by atoms with van der Waals surface area (Å²) in [7, 11) is -9.83. The number of rotatable bonds is 74. The van der Waals surface area contributed by atoms with Gasteiger partial charge in [-0.05, 0) is 154 Å². The van der Waals surface area contributed by atoms with Gasteiger partial charge in [0.25, 0.3) is 0 Å². The van der Waals surface area contributed by atoms with Gasteiger partial charge in [0.2, 0.25) is 0 Å². The third-order valence-corrected chi connectivity index (χ3v) is 18.0. The third kappa shape index (κ3) is 79.5. The molecule has 0 heterocycles. The smallest absolute Gasteiger partial charge is 0.463 e. The lowest BCUT2D eigenvalue weighted by Gasteiger charge is -2.21. The maximum Gasteiger partial charge on any atom is 0.472 e. The molecule has 5 atom stereocenters. The van der Waals surface area contributed by atoms with Crippen molar-refractivity contribution in [2.24, 2.45) is 0 Å². The molecule has 0 saturated carbocycles. The van der Waals surface area contributed by atoms with Crippen molar-refractivity contribution in [3.05, 3.63) is 182 Å². The van der Waals surface area contributed by atoms with E-state index in [1.165, 1.54) is 57.8 Å². The van der Waals surface area contributed by atoms with E-state index in [1.807, 2.05) is 12.2 Å². The Hall–Kier alpha value is -5.35. The van der Waals surface area contributed by atoms with Gasteiger partial charge in [0.1, 0.15) is 25.4 Å². The molecule has 596 valence electrons. The fourth-order valence-corrected chi connectivity index (χ4v) is 11.6. The lowest BCUT2D eigenvalue weighted by molar-refractivity contribution is -0.161. The SMILES string of the molecule is CC/C=C\C/C=C\C/C=C\C/C=C\C/C=C\C/C=C\CCCCCCCCCCCCC(=O)OCC(O)COP(=O)(O)OCC(O)COP(=O)(O)OCC(COC(=O)CCCCCCCCC/C=C\C/C=C\C/C=C\C/C=C\CCCCC)OC(=O)CCC/C=C\C/C=C\C/C=C\C/C=C\C/C=C\CC. The molecule has 0 saturated heterocycles. The number of unbranched alkanes of at least 4 members (excludes halogenated alkanes) is 21. The van der Waals surface area contributed by atoms with Gasteiger partial charge in [0.15, 0.2) is 6.10 Å². The van der Waals surface area contributed by atoms with Gasteiger partial charge in [-0.1, -0.05) is 299 Å². The second kappa shape index (κ2) is 78.2. The Morgan fingerprint density at radius 2 is 0.514 bits per heavy atom. The molecule has 0 aliphatic carbocycles. The van der Waals surface area contributed by atoms with E-state index in [9.17, 15) is 43.5 Å². The Balaban J connectivity index is 4.64. The van der Waals surface area contributed by atoms with Crippen LogP contribution >= 0.6 is 15.6 Å². The van der Waals surface area contributed by atoms with Crippen LogP contribution in [-0.2, 0) is 55.8 Å². The van der Waals surface area contributed by atoms with E-state index in [0.717, 1.165) is 167 Å². The molecule has 0 bridgehead atoms. The molecular formula is C87H142O16P2. The number of hydrogen-bond donors (Lipinski definition) is 4. The molecule has 0 spiro atoms. The minimum absolute atomic E-state index is 0.0173. The van der Waals surface area contributed by atoms with E-state index < -0.39 is 91.5 Å². The van der Waals surface area contributed by atoms with Gasteiger partial charge in [-0.15, -0.1) is 0 Å². The maximum absolute atomic E-state index is 13.0. The van der Waals surface area contributed by atoms with E-state index in [4.69, 9.17) is 32.3 Å². The predicted molar refractivity (Wildman–Crippen MR) is 435 cm³/mol. The molecule has 0 aromatic carbocycles. The van der Waals surface area contributed by atoms with E-state index in [1.54, 1.807) is 0 Å². The van der Waals surface area contributed by atoms with Crippen LogP contribution in [0.1, 0.15) is 290 Å². The van der Waals surface area contributed by atoms with E-state index in [2.05, 4.69) is 191 Å². The standard InChI is InChI=1S/C87H142O16P2/c1-4-7-10-13-16-19-22-25-28-31-33-35-37-38-39-40-41-42-44-46-47-50-52-55-58-61-64-67-70-73-85(90)97-76-82(88)77-99-104(93,94)100-78-83(89)79-101-105(95,96)102-81-84(103-87(92)75-72-69-66-63-60-57-54-49-30-27-24-21-18-15-12-9-6-3)80-98-86(91)74-71-68-65-62-59-56-53-51-48-45-43-36-34-32-29-26-23-20-17-14-11-8-5-2/h7,9-10,12,16-21,25-30,33-36,38-39,41-42,45,48,54,57,63,66,82-84,88-89H,4-6,8,11,13-15,22-24,31-32,37,40,43-44,46-47,49-53,55-56,58-62,64-65,67-81H2,1-3H3,(H,93,94)(H,95,96)/b10-7-,12-9-,19-16-,20-17-,21-18-,28-25-,29-26-,30-27-,35-33-,36-34-,39-38-,42-41-,48-45-,57-54-,66-63-. The van der Waals surface area contributed by atoms with Gasteiger partial charge in [0, 0.05) is 19.3 Å². The first-order chi connectivity index (χ1) is 51.2. The number of ether oxygens (including phenoxy) is 3. The molecule has 0 rings (SSSR count). The molecule has 105 heavy (non-hydrogen) atoms. The molecule has 0 fully saturated rings. The van der Waals surface area contributed by atoms with Crippen LogP contribution < -0.4 is 0 Å². The molecule has 0 aliphatic rings. The topological polar surface area (TPSA) is 231 Å². The number of hydrogen-bond acceptors (Lipinski definition) is 14. The van der Waals surface area contributed by atoms with E-state index in [0.29, 0.717) is 25.7 Å². The lowest BCUT2D eigenvalue weighted by atomic mass is 10.1. The number of carbonyl (C=O) groups excluding carboxylic acids is 3. The summed E-state index contributed by atoms with van der Waals surface area (Å²) in [4.78, 5) is 58.7. The number of carbonyl (C=O) groups is 3. The van der Waals surface area contributed by atoms with Gasteiger partial charge < -0.3 is 34.2 Å². The van der Waals surface area contributed by atoms with Crippen LogP contribution in [-0.4, -0.2) is 95.9 Å². The van der Waals surface area contributed by atoms with Crippen molar-refractivity contribution >= 4 is 33.6 Å². The fraction of sp³-hybridized carbons (Fsp3) is 0.621. The van der Waals surface area contributed by atoms with Crippen molar-refractivity contribution in [1.29, 1.82) is 0 Å². The molecule has 0 aliphatic heterocycles. The van der Waals surface area contributed by atoms with Crippen molar-refractivity contribution in [3.63, 3.8) is 0 Å². The van der Waals surface area contributed by atoms with Gasteiger partial charge >= 0.3 is 33.6 Å². The zero-order valence-electron chi connectivity index (χ0n) is 65.1. The van der Waals surface area contributed by atoms with Gasteiger partial charge in [-0.3, -0.25) is 32.5 Å². The minimum atomic E-state index is -4.96. The summed E-state index contributed by atoms with van der Waals surface area (Å²) >= 11 is 0. The second-order valence-corrected chi connectivity index (χ2v) is 29.0. The Kier molecular flexibility index (Phi) is 74.3. The van der Waals surface area contributed by atoms with Crippen LogP contribution in [0.15, 0.2) is 182 Å². The Morgan fingerprint density at radius 3 is 0.829 bits per heavy atom. The first kappa shape index (κ1) is 99.7. The number of phosphoric ester groups is 2. The van der Waals surface area contributed by atoms with Crippen LogP contribution in [0, 0.1) is 0 Å². The van der Waals surface area contributed by atoms with Crippen LogP contribution in [0.2, 0.25) is 0 Å². The highest BCUT2D eigenvalue weighted by molar-refractivity contribution is 7.47. The quantitative estimate of drug-likeness (QED) is 0.0146. The summed E-state index contributed by atoms with van der Waals surface area (Å²) < 4.78 is 61.1. The van der Waals surface area contributed by atoms with E-state index in [-0.39, 0.29) is 19.3 Å². The van der Waals surface area contributed by atoms with Crippen molar-refractivity contribution in [1.82, 2.24) is 0 Å². The number of esters is 3. The summed E-state index contributed by atoms with van der Waals surface area (Å²) in [6.45, 7) is 2.32. The molecular weight excluding hydrogens is 1360 g/mol. The second-order valence-electron chi connectivity index (χ2n) is 26.1. The Labute approximate surface area is 636 Å². The maximum atomic E-state index is 13.0. The number of aliphatic hydroxyl groups is 2. The molecule has 0 aromatic heterocycles. The largest absolute Gasteiger partial charge is 0.472 e. The van der Waals surface area contributed by atoms with Gasteiger partial charge in [0.05, 0.1) is 26.4 Å². The molecule has 0 radical (unpaired) electrons. The van der Waals surface area contributed by atoms with Crippen molar-refractivity contribution in [2.75, 3.05) is 39.6 Å². The van der Waals surface area contributed by atoms with Crippen LogP contribution in [0.5, 0.6) is 0 Å². The zero-order chi connectivity index (χ0) is 76.6. The summed E-state index contributed by atoms with van der Waals surface area (Å²) in [5.41, 5.74) is 0. The molecule has 16 nitrogen and oxygen atoms in total. The van der Waals surface area contributed by atoms with E-state index >= 15 is 0 Å². The first-order valence-corrected chi connectivity index (χ1v) is 43.1. The van der Waals surface area contributed by atoms with Crippen LogP contribution in [0.25, 0.3) is 0 Å². The predicted octanol–water partition coefficient (Wildman–Crippen LogP) is 23.8. The summed E-state index contributed by atoms with van der Waals surface area (Å²) in [5.74, 6) is -1.67.